The molecule has 1 atom stereocenters. The van der Waals surface area contributed by atoms with Crippen LogP contribution in [-0.2, 0) is 24.5 Å². The van der Waals surface area contributed by atoms with Gasteiger partial charge in [0, 0.05) is 12.7 Å². The number of H-pyrrole nitrogens is 1. The molecule has 0 aliphatic carbocycles. The van der Waals surface area contributed by atoms with Crippen molar-refractivity contribution < 1.29 is 4.74 Å². The zero-order valence-electron chi connectivity index (χ0n) is 15.8. The van der Waals surface area contributed by atoms with Crippen molar-refractivity contribution in [3.8, 4) is 0 Å². The minimum atomic E-state index is -0.160. The predicted octanol–water partition coefficient (Wildman–Crippen LogP) is 1.73. The third-order valence-electron chi connectivity index (χ3n) is 4.99. The van der Waals surface area contributed by atoms with Crippen LogP contribution in [0, 0.1) is 5.92 Å². The molecule has 1 aliphatic heterocycles. The van der Waals surface area contributed by atoms with Crippen molar-refractivity contribution in [1.29, 1.82) is 0 Å². The summed E-state index contributed by atoms with van der Waals surface area (Å²) in [5, 5.41) is 7.38. The number of hydrogen-bond donors (Lipinski definition) is 3. The minimum Gasteiger partial charge on any atom is -0.369 e. The Morgan fingerprint density at radius 1 is 1.18 bits per heavy atom. The number of rotatable bonds is 8. The van der Waals surface area contributed by atoms with Crippen LogP contribution in [0.4, 0.5) is 0 Å². The van der Waals surface area contributed by atoms with E-state index in [2.05, 4.69) is 25.6 Å². The molecule has 28 heavy (non-hydrogen) atoms. The first-order valence-electron chi connectivity index (χ1n) is 9.69. The molecule has 0 bridgehead atoms. The average molecular weight is 379 g/mol. The summed E-state index contributed by atoms with van der Waals surface area (Å²) >= 11 is 0. The summed E-state index contributed by atoms with van der Waals surface area (Å²) in [5.74, 6) is 1.16. The van der Waals surface area contributed by atoms with E-state index in [1.54, 1.807) is 12.3 Å². The first kappa shape index (κ1) is 18.7. The highest BCUT2D eigenvalue weighted by Gasteiger charge is 2.14. The van der Waals surface area contributed by atoms with Crippen molar-refractivity contribution in [2.75, 3.05) is 19.6 Å². The van der Waals surface area contributed by atoms with E-state index in [4.69, 9.17) is 4.74 Å². The normalized spacial score (nSPS) is 16.6. The summed E-state index contributed by atoms with van der Waals surface area (Å²) in [7, 11) is 0. The van der Waals surface area contributed by atoms with Crippen molar-refractivity contribution in [3.05, 3.63) is 70.0 Å². The highest BCUT2D eigenvalue weighted by molar-refractivity contribution is 5.79. The number of fused-ring (bicyclic) bond motifs is 1. The highest BCUT2D eigenvalue weighted by atomic mass is 16.5. The second-order valence-corrected chi connectivity index (χ2v) is 7.13. The number of aromatic amines is 1. The number of hydrogen-bond acceptors (Lipinski definition) is 6. The van der Waals surface area contributed by atoms with Crippen LogP contribution in [0.5, 0.6) is 0 Å². The van der Waals surface area contributed by atoms with Crippen LogP contribution >= 0.6 is 0 Å². The van der Waals surface area contributed by atoms with E-state index in [9.17, 15) is 4.79 Å². The maximum atomic E-state index is 12.5. The quantitative estimate of drug-likeness (QED) is 0.552. The third-order valence-corrected chi connectivity index (χ3v) is 4.99. The molecule has 0 radical (unpaired) electrons. The molecule has 0 spiro atoms. The van der Waals surface area contributed by atoms with Crippen LogP contribution in [0.3, 0.4) is 0 Å². The van der Waals surface area contributed by atoms with Gasteiger partial charge in [-0.05, 0) is 43.6 Å². The van der Waals surface area contributed by atoms with E-state index >= 15 is 0 Å². The SMILES string of the molecule is O=c1[nH]c(COCc2ccccc2)nc2c(CNC[C@H]3CCNC3)nccc12. The molecular formula is C21H25N5O2. The number of aromatic nitrogens is 3. The van der Waals surface area contributed by atoms with Gasteiger partial charge in [-0.2, -0.15) is 0 Å². The Bertz CT molecular complexity index is 967. The molecule has 3 aromatic rings. The molecule has 7 nitrogen and oxygen atoms in total. The smallest absolute Gasteiger partial charge is 0.258 e. The largest absolute Gasteiger partial charge is 0.369 e. The van der Waals surface area contributed by atoms with Crippen molar-refractivity contribution in [3.63, 3.8) is 0 Å². The predicted molar refractivity (Wildman–Crippen MR) is 108 cm³/mol. The van der Waals surface area contributed by atoms with Gasteiger partial charge in [0.1, 0.15) is 17.9 Å². The van der Waals surface area contributed by atoms with Gasteiger partial charge in [-0.1, -0.05) is 30.3 Å². The first-order chi connectivity index (χ1) is 13.8. The minimum absolute atomic E-state index is 0.160. The van der Waals surface area contributed by atoms with E-state index in [-0.39, 0.29) is 12.2 Å². The van der Waals surface area contributed by atoms with Gasteiger partial charge in [-0.3, -0.25) is 9.78 Å². The lowest BCUT2D eigenvalue weighted by atomic mass is 10.1. The average Bonchev–Trinajstić information content (AvgIpc) is 3.23. The molecular weight excluding hydrogens is 354 g/mol. The lowest BCUT2D eigenvalue weighted by molar-refractivity contribution is 0.102. The van der Waals surface area contributed by atoms with Crippen LogP contribution in [-0.4, -0.2) is 34.6 Å². The topological polar surface area (TPSA) is 91.9 Å². The van der Waals surface area contributed by atoms with Gasteiger partial charge in [-0.15, -0.1) is 0 Å². The highest BCUT2D eigenvalue weighted by Crippen LogP contribution is 2.12. The summed E-state index contributed by atoms with van der Waals surface area (Å²) in [4.78, 5) is 24.3. The van der Waals surface area contributed by atoms with Crippen LogP contribution < -0.4 is 16.2 Å². The van der Waals surface area contributed by atoms with Crippen molar-refractivity contribution in [2.45, 2.75) is 26.2 Å². The molecule has 4 rings (SSSR count). The number of nitrogens with one attached hydrogen (secondary N) is 3. The lowest BCUT2D eigenvalue weighted by Crippen LogP contribution is -2.25. The maximum Gasteiger partial charge on any atom is 0.258 e. The van der Waals surface area contributed by atoms with Gasteiger partial charge >= 0.3 is 0 Å². The Labute approximate surface area is 163 Å². The number of ether oxygens (including phenoxy) is 1. The molecule has 3 heterocycles. The molecule has 1 aromatic carbocycles. The Morgan fingerprint density at radius 3 is 2.89 bits per heavy atom. The fourth-order valence-corrected chi connectivity index (χ4v) is 3.49. The van der Waals surface area contributed by atoms with E-state index < -0.39 is 0 Å². The van der Waals surface area contributed by atoms with Gasteiger partial charge in [-0.25, -0.2) is 4.98 Å². The second-order valence-electron chi connectivity index (χ2n) is 7.13. The Balaban J connectivity index is 1.45. The van der Waals surface area contributed by atoms with Crippen LogP contribution in [0.15, 0.2) is 47.4 Å². The number of benzene rings is 1. The van der Waals surface area contributed by atoms with Crippen molar-refractivity contribution in [1.82, 2.24) is 25.6 Å². The summed E-state index contributed by atoms with van der Waals surface area (Å²) in [6, 6.07) is 11.6. The standard InChI is InChI=1S/C21H25N5O2/c27-21-17-7-9-24-18(12-23-11-16-6-8-22-10-16)20(17)25-19(26-21)14-28-13-15-4-2-1-3-5-15/h1-5,7,9,16,22-23H,6,8,10-14H2,(H,25,26,27)/t16-/m0/s1. The maximum absolute atomic E-state index is 12.5. The zero-order chi connectivity index (χ0) is 19.2. The molecule has 1 aliphatic rings. The Kier molecular flexibility index (Phi) is 6.06. The molecule has 1 fully saturated rings. The molecule has 146 valence electrons. The van der Waals surface area contributed by atoms with Crippen LogP contribution in [0.1, 0.15) is 23.5 Å². The van der Waals surface area contributed by atoms with E-state index in [0.29, 0.717) is 35.8 Å². The van der Waals surface area contributed by atoms with E-state index in [0.717, 1.165) is 30.9 Å². The van der Waals surface area contributed by atoms with Crippen molar-refractivity contribution >= 4 is 10.9 Å². The number of nitrogens with zero attached hydrogens (tertiary/aromatic N) is 2. The van der Waals surface area contributed by atoms with Crippen LogP contribution in [0.2, 0.25) is 0 Å². The lowest BCUT2D eigenvalue weighted by Gasteiger charge is -2.11. The van der Waals surface area contributed by atoms with E-state index in [1.165, 1.54) is 6.42 Å². The monoisotopic (exact) mass is 379 g/mol. The fraction of sp³-hybridized carbons (Fsp3) is 0.381. The summed E-state index contributed by atoms with van der Waals surface area (Å²) in [5.41, 5.74) is 2.35. The van der Waals surface area contributed by atoms with Gasteiger partial charge in [0.25, 0.3) is 5.56 Å². The van der Waals surface area contributed by atoms with Crippen molar-refractivity contribution in [2.24, 2.45) is 5.92 Å². The summed E-state index contributed by atoms with van der Waals surface area (Å²) in [6.07, 6.45) is 2.86. The first-order valence-corrected chi connectivity index (χ1v) is 9.69. The summed E-state index contributed by atoms with van der Waals surface area (Å²) in [6.45, 7) is 4.38. The Hall–Kier alpha value is -2.61. The molecule has 7 heteroatoms. The molecule has 0 amide bonds. The van der Waals surface area contributed by atoms with E-state index in [1.807, 2.05) is 30.3 Å². The molecule has 1 saturated heterocycles. The molecule has 0 saturated carbocycles. The van der Waals surface area contributed by atoms with Gasteiger partial charge in [0.15, 0.2) is 0 Å². The Morgan fingerprint density at radius 2 is 2.07 bits per heavy atom. The summed E-state index contributed by atoms with van der Waals surface area (Å²) < 4.78 is 5.72. The van der Waals surface area contributed by atoms with Gasteiger partial charge < -0.3 is 20.4 Å². The molecule has 3 N–H and O–H groups in total. The molecule has 2 aromatic heterocycles. The van der Waals surface area contributed by atoms with Gasteiger partial charge in [0.2, 0.25) is 0 Å². The van der Waals surface area contributed by atoms with Gasteiger partial charge in [0.05, 0.1) is 17.7 Å². The second kappa shape index (κ2) is 9.05. The van der Waals surface area contributed by atoms with Crippen LogP contribution in [0.25, 0.3) is 10.9 Å². The molecule has 0 unspecified atom stereocenters. The fourth-order valence-electron chi connectivity index (χ4n) is 3.49. The number of pyridine rings is 1. The third kappa shape index (κ3) is 4.62. The zero-order valence-corrected chi connectivity index (χ0v) is 15.8.